The van der Waals surface area contributed by atoms with Crippen LogP contribution < -0.4 is 4.98 Å². The maximum absolute atomic E-state index is 3.77. The maximum atomic E-state index is 3.77. The van der Waals surface area contributed by atoms with Crippen molar-refractivity contribution in [3.8, 4) is 0 Å². The highest BCUT2D eigenvalue weighted by molar-refractivity contribution is 6.66. The normalized spacial score (nSPS) is 10.7. The maximum Gasteiger partial charge on any atom is 0.158 e. The molecule has 0 unspecified atom stereocenters. The Kier molecular flexibility index (Phi) is 7.04. The molecule has 1 N–H and O–H groups in total. The van der Waals surface area contributed by atoms with Crippen molar-refractivity contribution in [1.82, 2.24) is 9.88 Å². The second kappa shape index (κ2) is 7.28. The quantitative estimate of drug-likeness (QED) is 0.470. The summed E-state index contributed by atoms with van der Waals surface area (Å²) in [5, 5.41) is 0. The van der Waals surface area contributed by atoms with Crippen LogP contribution in [0.25, 0.3) is 0 Å². The minimum Gasteiger partial charge on any atom is -0.321 e. The van der Waals surface area contributed by atoms with Gasteiger partial charge < -0.3 is 4.98 Å². The summed E-state index contributed by atoms with van der Waals surface area (Å²) >= 11 is 0. The first kappa shape index (κ1) is 11.6. The summed E-state index contributed by atoms with van der Waals surface area (Å²) < 4.78 is 0. The zero-order chi connectivity index (χ0) is 9.40. The molecule has 0 rings (SSSR count). The molecule has 0 aliphatic carbocycles. The molecule has 2 nitrogen and oxygen atoms in total. The lowest BCUT2D eigenvalue weighted by Gasteiger charge is -2.20. The second-order valence-corrected chi connectivity index (χ2v) is 5.07. The SMILES string of the molecule is C=C[SiH](C=C)NCN(CC)CC. The van der Waals surface area contributed by atoms with Crippen LogP contribution in [0.4, 0.5) is 0 Å². The van der Waals surface area contributed by atoms with Crippen molar-refractivity contribution >= 4 is 8.96 Å². The Bertz CT molecular complexity index is 124. The van der Waals surface area contributed by atoms with E-state index in [1.54, 1.807) is 0 Å². The van der Waals surface area contributed by atoms with Gasteiger partial charge in [-0.2, -0.15) is 0 Å². The molecular weight excluding hydrogens is 164 g/mol. The van der Waals surface area contributed by atoms with Crippen LogP contribution in [-0.2, 0) is 0 Å². The van der Waals surface area contributed by atoms with Crippen LogP contribution in [0.2, 0.25) is 0 Å². The summed E-state index contributed by atoms with van der Waals surface area (Å²) in [4.78, 5) is 5.79. The Hall–Kier alpha value is -0.383. The molecule has 0 heterocycles. The van der Waals surface area contributed by atoms with Gasteiger partial charge in [-0.05, 0) is 13.1 Å². The van der Waals surface area contributed by atoms with Gasteiger partial charge in [0.1, 0.15) is 0 Å². The highest BCUT2D eigenvalue weighted by Gasteiger charge is 2.02. The van der Waals surface area contributed by atoms with Gasteiger partial charge in [-0.1, -0.05) is 25.2 Å². The minimum atomic E-state index is -1.04. The van der Waals surface area contributed by atoms with Gasteiger partial charge in [0.05, 0.1) is 0 Å². The molecule has 12 heavy (non-hydrogen) atoms. The lowest BCUT2D eigenvalue weighted by molar-refractivity contribution is 0.300. The Morgan fingerprint density at radius 1 is 1.25 bits per heavy atom. The van der Waals surface area contributed by atoms with E-state index in [2.05, 4.69) is 36.9 Å². The van der Waals surface area contributed by atoms with Gasteiger partial charge in [-0.25, -0.2) is 0 Å². The molecule has 0 aromatic rings. The van der Waals surface area contributed by atoms with Crippen molar-refractivity contribution in [3.63, 3.8) is 0 Å². The Labute approximate surface area is 77.6 Å². The van der Waals surface area contributed by atoms with Gasteiger partial charge in [0.15, 0.2) is 8.96 Å². The predicted molar refractivity (Wildman–Crippen MR) is 58.5 cm³/mol. The molecule has 0 bridgehead atoms. The van der Waals surface area contributed by atoms with E-state index in [-0.39, 0.29) is 0 Å². The van der Waals surface area contributed by atoms with Crippen molar-refractivity contribution < 1.29 is 0 Å². The molecule has 70 valence electrons. The average Bonchev–Trinajstić information content (AvgIpc) is 2.13. The number of hydrogen-bond donors (Lipinski definition) is 1. The molecule has 0 aromatic carbocycles. The highest BCUT2D eigenvalue weighted by atomic mass is 28.3. The molecule has 0 aromatic heterocycles. The number of nitrogens with one attached hydrogen (secondary N) is 1. The third-order valence-corrected chi connectivity index (χ3v) is 3.62. The van der Waals surface area contributed by atoms with Crippen molar-refractivity contribution in [2.24, 2.45) is 0 Å². The predicted octanol–water partition coefficient (Wildman–Crippen LogP) is 1.05. The zero-order valence-corrected chi connectivity index (χ0v) is 9.37. The van der Waals surface area contributed by atoms with Crippen LogP contribution >= 0.6 is 0 Å². The lowest BCUT2D eigenvalue weighted by atomic mass is 10.6. The fourth-order valence-electron chi connectivity index (χ4n) is 0.945. The Morgan fingerprint density at radius 3 is 2.08 bits per heavy atom. The van der Waals surface area contributed by atoms with Crippen molar-refractivity contribution in [2.45, 2.75) is 13.8 Å². The van der Waals surface area contributed by atoms with E-state index in [0.29, 0.717) is 0 Å². The minimum absolute atomic E-state index is 0.960. The Balaban J connectivity index is 3.62. The molecule has 0 aliphatic rings. The smallest absolute Gasteiger partial charge is 0.158 e. The first-order valence-electron chi connectivity index (χ1n) is 4.49. The van der Waals surface area contributed by atoms with Crippen LogP contribution in [0.1, 0.15) is 13.8 Å². The van der Waals surface area contributed by atoms with E-state index in [1.165, 1.54) is 0 Å². The van der Waals surface area contributed by atoms with E-state index in [1.807, 2.05) is 11.4 Å². The van der Waals surface area contributed by atoms with Gasteiger partial charge in [0, 0.05) is 6.67 Å². The molecule has 0 amide bonds. The van der Waals surface area contributed by atoms with E-state index in [9.17, 15) is 0 Å². The van der Waals surface area contributed by atoms with Crippen LogP contribution in [0.3, 0.4) is 0 Å². The van der Waals surface area contributed by atoms with Crippen LogP contribution in [0.5, 0.6) is 0 Å². The fourth-order valence-corrected chi connectivity index (χ4v) is 1.94. The molecule has 0 radical (unpaired) electrons. The molecular formula is C9H20N2Si. The zero-order valence-electron chi connectivity index (χ0n) is 8.21. The summed E-state index contributed by atoms with van der Waals surface area (Å²) in [6, 6.07) is 0. The summed E-state index contributed by atoms with van der Waals surface area (Å²) in [7, 11) is -1.04. The first-order chi connectivity index (χ1) is 5.78. The van der Waals surface area contributed by atoms with Crippen molar-refractivity contribution in [1.29, 1.82) is 0 Å². The topological polar surface area (TPSA) is 15.3 Å². The Morgan fingerprint density at radius 2 is 1.75 bits per heavy atom. The van der Waals surface area contributed by atoms with E-state index in [0.717, 1.165) is 19.8 Å². The third kappa shape index (κ3) is 4.49. The van der Waals surface area contributed by atoms with Gasteiger partial charge in [0.2, 0.25) is 0 Å². The summed E-state index contributed by atoms with van der Waals surface area (Å²) in [5.41, 5.74) is 3.99. The van der Waals surface area contributed by atoms with Gasteiger partial charge in [0.25, 0.3) is 0 Å². The largest absolute Gasteiger partial charge is 0.321 e. The molecule has 0 aliphatic heterocycles. The number of nitrogens with zero attached hydrogens (tertiary/aromatic N) is 1. The van der Waals surface area contributed by atoms with E-state index < -0.39 is 8.96 Å². The summed E-state index contributed by atoms with van der Waals surface area (Å²) in [6.07, 6.45) is 0. The summed E-state index contributed by atoms with van der Waals surface area (Å²) in [5.74, 6) is 0. The molecule has 0 spiro atoms. The average molecular weight is 184 g/mol. The molecule has 0 fully saturated rings. The monoisotopic (exact) mass is 184 g/mol. The van der Waals surface area contributed by atoms with Crippen molar-refractivity contribution in [2.75, 3.05) is 19.8 Å². The molecule has 3 heteroatoms. The third-order valence-electron chi connectivity index (χ3n) is 1.95. The van der Waals surface area contributed by atoms with E-state index in [4.69, 9.17) is 0 Å². The summed E-state index contributed by atoms with van der Waals surface area (Å²) in [6.45, 7) is 15.0. The lowest BCUT2D eigenvalue weighted by Crippen LogP contribution is -2.40. The first-order valence-corrected chi connectivity index (χ1v) is 6.40. The molecule has 0 atom stereocenters. The van der Waals surface area contributed by atoms with Gasteiger partial charge >= 0.3 is 0 Å². The second-order valence-electron chi connectivity index (χ2n) is 2.66. The van der Waals surface area contributed by atoms with Crippen molar-refractivity contribution in [3.05, 3.63) is 24.6 Å². The fraction of sp³-hybridized carbons (Fsp3) is 0.556. The van der Waals surface area contributed by atoms with Crippen LogP contribution in [0.15, 0.2) is 24.6 Å². The number of hydrogen-bond acceptors (Lipinski definition) is 2. The molecule has 0 saturated carbocycles. The van der Waals surface area contributed by atoms with Crippen LogP contribution in [0, 0.1) is 0 Å². The van der Waals surface area contributed by atoms with Gasteiger partial charge in [-0.3, -0.25) is 4.90 Å². The molecule has 0 saturated heterocycles. The number of rotatable bonds is 7. The van der Waals surface area contributed by atoms with E-state index >= 15 is 0 Å². The van der Waals surface area contributed by atoms with Gasteiger partial charge in [-0.15, -0.1) is 13.2 Å². The standard InChI is InChI=1S/C9H20N2Si/c1-5-11(6-2)9-10-12(7-3)8-4/h7-8,10,12H,3-6,9H2,1-2H3. The highest BCUT2D eigenvalue weighted by Crippen LogP contribution is 1.85. The van der Waals surface area contributed by atoms with Crippen LogP contribution in [-0.4, -0.2) is 33.6 Å².